The molecule has 0 saturated carbocycles. The lowest BCUT2D eigenvalue weighted by atomic mass is 10.2. The molecule has 1 aromatic rings. The molecule has 2 rings (SSSR count). The van der Waals surface area contributed by atoms with Crippen LogP contribution in [0.2, 0.25) is 0 Å². The summed E-state index contributed by atoms with van der Waals surface area (Å²) in [4.78, 5) is 14.1. The molecule has 0 aromatic heterocycles. The maximum absolute atomic E-state index is 13.5. The number of benzene rings is 1. The zero-order chi connectivity index (χ0) is 15.2. The molecule has 1 aromatic carbocycles. The largest absolute Gasteiger partial charge is 0.399 e. The Morgan fingerprint density at radius 2 is 2.38 bits per heavy atom. The molecule has 5 nitrogen and oxygen atoms in total. The second-order valence-electron chi connectivity index (χ2n) is 5.34. The lowest BCUT2D eigenvalue weighted by Crippen LogP contribution is -2.25. The first-order chi connectivity index (χ1) is 10.1. The summed E-state index contributed by atoms with van der Waals surface area (Å²) in [7, 11) is 1.72. The molecule has 1 amide bonds. The minimum absolute atomic E-state index is 0.139. The molecular formula is C15H22FN3O2. The number of anilines is 2. The molecule has 0 aliphatic carbocycles. The minimum atomic E-state index is -0.472. The van der Waals surface area contributed by atoms with E-state index >= 15 is 0 Å². The number of methoxy groups -OCH3 is 1. The van der Waals surface area contributed by atoms with Gasteiger partial charge in [0.1, 0.15) is 5.82 Å². The van der Waals surface area contributed by atoms with Crippen LogP contribution in [0.15, 0.2) is 18.2 Å². The number of nitrogens with one attached hydrogen (secondary N) is 1. The third-order valence-electron chi connectivity index (χ3n) is 3.71. The molecule has 1 saturated heterocycles. The predicted molar refractivity (Wildman–Crippen MR) is 80.5 cm³/mol. The van der Waals surface area contributed by atoms with Crippen LogP contribution in [0.1, 0.15) is 19.3 Å². The van der Waals surface area contributed by atoms with E-state index < -0.39 is 5.82 Å². The Hall–Kier alpha value is -1.66. The van der Waals surface area contributed by atoms with Crippen molar-refractivity contribution in [1.29, 1.82) is 0 Å². The average molecular weight is 295 g/mol. The first-order valence-electron chi connectivity index (χ1n) is 7.18. The van der Waals surface area contributed by atoms with E-state index in [2.05, 4.69) is 10.2 Å². The number of carbonyl (C=O) groups is 1. The highest BCUT2D eigenvalue weighted by Crippen LogP contribution is 2.18. The van der Waals surface area contributed by atoms with Gasteiger partial charge in [-0.1, -0.05) is 0 Å². The number of hydrogen-bond donors (Lipinski definition) is 2. The molecule has 1 fully saturated rings. The van der Waals surface area contributed by atoms with E-state index in [4.69, 9.17) is 10.5 Å². The summed E-state index contributed by atoms with van der Waals surface area (Å²) >= 11 is 0. The Morgan fingerprint density at radius 1 is 1.57 bits per heavy atom. The van der Waals surface area contributed by atoms with Crippen molar-refractivity contribution >= 4 is 17.3 Å². The number of nitrogens with two attached hydrogens (primary N) is 1. The SMILES string of the molecule is COC1CCN(CCCC(=O)Nc2cc(N)ccc2F)C1. The predicted octanol–water partition coefficient (Wildman–Crippen LogP) is 1.85. The van der Waals surface area contributed by atoms with Crippen molar-refractivity contribution in [2.75, 3.05) is 37.8 Å². The van der Waals surface area contributed by atoms with Crippen LogP contribution in [-0.4, -0.2) is 43.7 Å². The summed E-state index contributed by atoms with van der Waals surface area (Å²) in [6, 6.07) is 4.14. The highest BCUT2D eigenvalue weighted by Gasteiger charge is 2.21. The molecular weight excluding hydrogens is 273 g/mol. The lowest BCUT2D eigenvalue weighted by Gasteiger charge is -2.15. The number of nitrogens with zero attached hydrogens (tertiary/aromatic N) is 1. The first-order valence-corrected chi connectivity index (χ1v) is 7.18. The van der Waals surface area contributed by atoms with Gasteiger partial charge < -0.3 is 20.7 Å². The maximum Gasteiger partial charge on any atom is 0.224 e. The molecule has 116 valence electrons. The maximum atomic E-state index is 13.5. The fourth-order valence-electron chi connectivity index (χ4n) is 2.51. The quantitative estimate of drug-likeness (QED) is 0.786. The van der Waals surface area contributed by atoms with Crippen LogP contribution in [0, 0.1) is 5.82 Å². The highest BCUT2D eigenvalue weighted by molar-refractivity contribution is 5.91. The smallest absolute Gasteiger partial charge is 0.224 e. The summed E-state index contributed by atoms with van der Waals surface area (Å²) < 4.78 is 18.8. The molecule has 1 atom stereocenters. The molecule has 1 aliphatic heterocycles. The van der Waals surface area contributed by atoms with Gasteiger partial charge in [-0.15, -0.1) is 0 Å². The van der Waals surface area contributed by atoms with Crippen molar-refractivity contribution in [2.24, 2.45) is 0 Å². The third kappa shape index (κ3) is 4.68. The number of nitrogen functional groups attached to an aromatic ring is 1. The van der Waals surface area contributed by atoms with Gasteiger partial charge in [-0.05, 0) is 37.6 Å². The number of halogens is 1. The zero-order valence-electron chi connectivity index (χ0n) is 12.3. The molecule has 21 heavy (non-hydrogen) atoms. The molecule has 3 N–H and O–H groups in total. The molecule has 0 bridgehead atoms. The number of amides is 1. The van der Waals surface area contributed by atoms with Crippen LogP contribution in [0.5, 0.6) is 0 Å². The van der Waals surface area contributed by atoms with E-state index in [1.54, 1.807) is 7.11 Å². The van der Waals surface area contributed by atoms with E-state index in [1.165, 1.54) is 18.2 Å². The molecule has 1 heterocycles. The Morgan fingerprint density at radius 3 is 3.10 bits per heavy atom. The number of carbonyl (C=O) groups excluding carboxylic acids is 1. The standard InChI is InChI=1S/C15H22FN3O2/c1-21-12-6-8-19(10-12)7-2-3-15(20)18-14-9-11(17)4-5-13(14)16/h4-5,9,12H,2-3,6-8,10,17H2,1H3,(H,18,20). The highest BCUT2D eigenvalue weighted by atomic mass is 19.1. The van der Waals surface area contributed by atoms with Gasteiger partial charge in [-0.3, -0.25) is 4.79 Å². The van der Waals surface area contributed by atoms with E-state index in [9.17, 15) is 9.18 Å². The van der Waals surface area contributed by atoms with Crippen LogP contribution in [0.25, 0.3) is 0 Å². The van der Waals surface area contributed by atoms with E-state index in [1.807, 2.05) is 0 Å². The third-order valence-corrected chi connectivity index (χ3v) is 3.71. The second-order valence-corrected chi connectivity index (χ2v) is 5.34. The Labute approximate surface area is 124 Å². The van der Waals surface area contributed by atoms with Gasteiger partial charge in [0.2, 0.25) is 5.91 Å². The van der Waals surface area contributed by atoms with Crippen molar-refractivity contribution in [3.8, 4) is 0 Å². The van der Waals surface area contributed by atoms with Crippen LogP contribution in [-0.2, 0) is 9.53 Å². The Bertz CT molecular complexity index is 496. The van der Waals surface area contributed by atoms with Gasteiger partial charge in [0.05, 0.1) is 11.8 Å². The van der Waals surface area contributed by atoms with Crippen molar-refractivity contribution < 1.29 is 13.9 Å². The normalized spacial score (nSPS) is 18.9. The summed E-state index contributed by atoms with van der Waals surface area (Å²) in [5.41, 5.74) is 6.14. The topological polar surface area (TPSA) is 67.6 Å². The molecule has 1 unspecified atom stereocenters. The summed E-state index contributed by atoms with van der Waals surface area (Å²) in [6.45, 7) is 2.78. The molecule has 0 radical (unpaired) electrons. The van der Waals surface area contributed by atoms with E-state index in [0.717, 1.165) is 32.5 Å². The summed E-state index contributed by atoms with van der Waals surface area (Å²) in [5.74, 6) is -0.665. The van der Waals surface area contributed by atoms with Crippen molar-refractivity contribution in [1.82, 2.24) is 4.90 Å². The first kappa shape index (κ1) is 15.7. The van der Waals surface area contributed by atoms with Crippen LogP contribution in [0.3, 0.4) is 0 Å². The van der Waals surface area contributed by atoms with Gasteiger partial charge in [0.25, 0.3) is 0 Å². The fourth-order valence-corrected chi connectivity index (χ4v) is 2.51. The van der Waals surface area contributed by atoms with Gasteiger partial charge in [-0.2, -0.15) is 0 Å². The summed E-state index contributed by atoms with van der Waals surface area (Å²) in [6.07, 6.45) is 2.45. The lowest BCUT2D eigenvalue weighted by molar-refractivity contribution is -0.116. The van der Waals surface area contributed by atoms with Crippen LogP contribution in [0.4, 0.5) is 15.8 Å². The molecule has 1 aliphatic rings. The minimum Gasteiger partial charge on any atom is -0.399 e. The van der Waals surface area contributed by atoms with E-state index in [-0.39, 0.29) is 11.6 Å². The Kier molecular flexibility index (Phi) is 5.52. The van der Waals surface area contributed by atoms with Gasteiger partial charge >= 0.3 is 0 Å². The van der Waals surface area contributed by atoms with Crippen LogP contribution < -0.4 is 11.1 Å². The number of rotatable bonds is 6. The monoisotopic (exact) mass is 295 g/mol. The number of ether oxygens (including phenoxy) is 1. The molecule has 6 heteroatoms. The van der Waals surface area contributed by atoms with Gasteiger partial charge in [0.15, 0.2) is 0 Å². The van der Waals surface area contributed by atoms with Gasteiger partial charge in [0, 0.05) is 32.3 Å². The zero-order valence-corrected chi connectivity index (χ0v) is 12.3. The van der Waals surface area contributed by atoms with Gasteiger partial charge in [-0.25, -0.2) is 4.39 Å². The van der Waals surface area contributed by atoms with Crippen LogP contribution >= 0.6 is 0 Å². The summed E-state index contributed by atoms with van der Waals surface area (Å²) in [5, 5.41) is 2.56. The van der Waals surface area contributed by atoms with Crippen molar-refractivity contribution in [2.45, 2.75) is 25.4 Å². The number of hydrogen-bond acceptors (Lipinski definition) is 4. The average Bonchev–Trinajstić information content (AvgIpc) is 2.91. The second kappa shape index (κ2) is 7.38. The molecule has 0 spiro atoms. The van der Waals surface area contributed by atoms with Crippen molar-refractivity contribution in [3.05, 3.63) is 24.0 Å². The number of likely N-dealkylation sites (tertiary alicyclic amines) is 1. The van der Waals surface area contributed by atoms with Crippen molar-refractivity contribution in [3.63, 3.8) is 0 Å². The fraction of sp³-hybridized carbons (Fsp3) is 0.533. The Balaban J connectivity index is 1.71. The van der Waals surface area contributed by atoms with E-state index in [0.29, 0.717) is 18.2 Å².